The molecule has 2 aliphatic rings. The minimum absolute atomic E-state index is 0.0461. The monoisotopic (exact) mass is 427 g/mol. The van der Waals surface area contributed by atoms with Crippen LogP contribution in [0.5, 0.6) is 5.75 Å². The van der Waals surface area contributed by atoms with E-state index in [1.54, 1.807) is 18.4 Å². The molecule has 0 unspecified atom stereocenters. The lowest BCUT2D eigenvalue weighted by Crippen LogP contribution is -2.20. The largest absolute Gasteiger partial charge is 0.497 e. The van der Waals surface area contributed by atoms with Crippen LogP contribution in [0.2, 0.25) is 0 Å². The molecule has 7 heteroatoms. The number of rotatable bonds is 5. The van der Waals surface area contributed by atoms with Crippen LogP contribution in [0.4, 0.5) is 5.69 Å². The Balaban J connectivity index is 1.45. The number of benzene rings is 1. The first kappa shape index (κ1) is 20.2. The molecule has 4 rings (SSSR count). The van der Waals surface area contributed by atoms with Gasteiger partial charge < -0.3 is 10.1 Å². The van der Waals surface area contributed by atoms with E-state index in [-0.39, 0.29) is 11.6 Å². The van der Waals surface area contributed by atoms with E-state index < -0.39 is 0 Å². The quantitative estimate of drug-likeness (QED) is 0.697. The number of thioether (sulfide) groups is 1. The molecule has 1 saturated carbocycles. The van der Waals surface area contributed by atoms with E-state index in [1.165, 1.54) is 37.4 Å². The van der Waals surface area contributed by atoms with Gasteiger partial charge in [-0.15, -0.1) is 11.3 Å². The summed E-state index contributed by atoms with van der Waals surface area (Å²) in [5, 5.41) is 5.91. The van der Waals surface area contributed by atoms with Crippen molar-refractivity contribution in [3.63, 3.8) is 0 Å². The van der Waals surface area contributed by atoms with Crippen molar-refractivity contribution in [3.8, 4) is 5.75 Å². The second-order valence-corrected chi connectivity index (χ2v) is 9.23. The minimum atomic E-state index is -0.315. The number of nitrogens with one attached hydrogen (secondary N) is 1. The van der Waals surface area contributed by atoms with Gasteiger partial charge in [-0.2, -0.15) is 0 Å². The smallest absolute Gasteiger partial charge is 0.234 e. The van der Waals surface area contributed by atoms with Crippen molar-refractivity contribution in [2.45, 2.75) is 44.2 Å². The Morgan fingerprint density at radius 1 is 1.14 bits per heavy atom. The van der Waals surface area contributed by atoms with Crippen LogP contribution in [-0.4, -0.2) is 35.2 Å². The third-order valence-electron chi connectivity index (χ3n) is 5.20. The molecule has 1 N–H and O–H groups in total. The topological polar surface area (TPSA) is 63.0 Å². The summed E-state index contributed by atoms with van der Waals surface area (Å²) in [6.07, 6.45) is 6.86. The Hall–Kier alpha value is -2.12. The van der Waals surface area contributed by atoms with E-state index in [2.05, 4.69) is 16.8 Å². The van der Waals surface area contributed by atoms with Crippen molar-refractivity contribution in [1.29, 1.82) is 0 Å². The minimum Gasteiger partial charge on any atom is -0.497 e. The number of ether oxygens (including phenoxy) is 1. The van der Waals surface area contributed by atoms with Gasteiger partial charge >= 0.3 is 0 Å². The Kier molecular flexibility index (Phi) is 6.35. The lowest BCUT2D eigenvalue weighted by Gasteiger charge is -2.20. The number of aliphatic imine (C=N–C) groups is 2. The first-order valence-electron chi connectivity index (χ1n) is 9.98. The van der Waals surface area contributed by atoms with Crippen LogP contribution in [0.15, 0.2) is 51.8 Å². The summed E-state index contributed by atoms with van der Waals surface area (Å²) in [6, 6.07) is 11.5. The number of anilines is 1. The van der Waals surface area contributed by atoms with E-state index in [9.17, 15) is 4.79 Å². The van der Waals surface area contributed by atoms with Gasteiger partial charge in [0.05, 0.1) is 17.7 Å². The van der Waals surface area contributed by atoms with Crippen molar-refractivity contribution in [1.82, 2.24) is 0 Å². The van der Waals surface area contributed by atoms with Crippen LogP contribution >= 0.6 is 23.1 Å². The van der Waals surface area contributed by atoms with E-state index in [0.717, 1.165) is 39.9 Å². The van der Waals surface area contributed by atoms with E-state index in [0.29, 0.717) is 5.75 Å². The highest BCUT2D eigenvalue weighted by Crippen LogP contribution is 2.38. The molecule has 1 aliphatic heterocycles. The molecule has 0 saturated heterocycles. The molecular weight excluding hydrogens is 402 g/mol. The van der Waals surface area contributed by atoms with Gasteiger partial charge in [0.2, 0.25) is 5.91 Å². The van der Waals surface area contributed by atoms with Crippen LogP contribution in [0.25, 0.3) is 0 Å². The van der Waals surface area contributed by atoms with Gasteiger partial charge in [0.15, 0.2) is 5.66 Å². The highest BCUT2D eigenvalue weighted by atomic mass is 32.2. The number of nitrogens with zero attached hydrogens (tertiary/aromatic N) is 2. The zero-order chi connectivity index (χ0) is 20.1. The summed E-state index contributed by atoms with van der Waals surface area (Å²) in [5.41, 5.74) is 1.41. The molecular formula is C22H25N3O2S2. The number of hydrogen-bond acceptors (Lipinski definition) is 6. The highest BCUT2D eigenvalue weighted by molar-refractivity contribution is 8.16. The normalized spacial score (nSPS) is 18.1. The van der Waals surface area contributed by atoms with Gasteiger partial charge in [-0.05, 0) is 61.4 Å². The fraction of sp³-hybridized carbons (Fsp3) is 0.409. The predicted molar refractivity (Wildman–Crippen MR) is 123 cm³/mol. The Labute approximate surface area is 179 Å². The molecule has 1 amide bonds. The molecule has 152 valence electrons. The summed E-state index contributed by atoms with van der Waals surface area (Å²) in [7, 11) is 1.63. The maximum atomic E-state index is 12.5. The maximum Gasteiger partial charge on any atom is 0.234 e. The van der Waals surface area contributed by atoms with Crippen LogP contribution in [0.1, 0.15) is 43.4 Å². The summed E-state index contributed by atoms with van der Waals surface area (Å²) in [4.78, 5) is 23.8. The molecule has 1 fully saturated rings. The second kappa shape index (κ2) is 9.13. The average molecular weight is 428 g/mol. The number of carbonyl (C=O) groups excluding carboxylic acids is 1. The fourth-order valence-electron chi connectivity index (χ4n) is 3.72. The van der Waals surface area contributed by atoms with Crippen LogP contribution < -0.4 is 10.1 Å². The van der Waals surface area contributed by atoms with E-state index in [4.69, 9.17) is 14.7 Å². The summed E-state index contributed by atoms with van der Waals surface area (Å²) in [5.74, 6) is 1.03. The molecule has 1 aromatic heterocycles. The molecule has 5 nitrogen and oxygen atoms in total. The number of methoxy groups -OCH3 is 1. The maximum absolute atomic E-state index is 12.5. The molecule has 0 bridgehead atoms. The van der Waals surface area contributed by atoms with Crippen molar-refractivity contribution < 1.29 is 9.53 Å². The highest BCUT2D eigenvalue weighted by Gasteiger charge is 2.37. The number of hydrogen-bond donors (Lipinski definition) is 1. The number of carbonyl (C=O) groups is 1. The molecule has 1 aliphatic carbocycles. The third-order valence-corrected chi connectivity index (χ3v) is 7.05. The first-order valence-corrected chi connectivity index (χ1v) is 11.8. The Bertz CT molecular complexity index is 897. The molecule has 1 spiro atoms. The first-order chi connectivity index (χ1) is 14.2. The van der Waals surface area contributed by atoms with Gasteiger partial charge in [0.1, 0.15) is 16.5 Å². The van der Waals surface area contributed by atoms with Crippen molar-refractivity contribution >= 4 is 45.4 Å². The second-order valence-electron chi connectivity index (χ2n) is 7.32. The standard InChI is InChI=1S/C22H25N3O2S2/c1-27-17-10-8-16(9-11-17)23-19(26)15-29-21-20(18-7-6-14-28-18)24-22(25-21)12-4-2-3-5-13-22/h6-11,14H,2-5,12-13,15H2,1H3,(H,23,26). The van der Waals surface area contributed by atoms with Crippen molar-refractivity contribution in [3.05, 3.63) is 46.7 Å². The number of amides is 1. The summed E-state index contributed by atoms with van der Waals surface area (Å²) >= 11 is 3.17. The van der Waals surface area contributed by atoms with Gasteiger partial charge in [-0.25, -0.2) is 4.99 Å². The van der Waals surface area contributed by atoms with Gasteiger partial charge in [0, 0.05) is 5.69 Å². The lowest BCUT2D eigenvalue weighted by molar-refractivity contribution is -0.113. The van der Waals surface area contributed by atoms with Crippen LogP contribution in [0, 0.1) is 0 Å². The van der Waals surface area contributed by atoms with Crippen molar-refractivity contribution in [2.75, 3.05) is 18.2 Å². The average Bonchev–Trinajstić information content (AvgIpc) is 3.32. The Morgan fingerprint density at radius 2 is 1.90 bits per heavy atom. The Morgan fingerprint density at radius 3 is 2.55 bits per heavy atom. The van der Waals surface area contributed by atoms with E-state index in [1.807, 2.05) is 30.3 Å². The fourth-order valence-corrected chi connectivity index (χ4v) is 5.37. The van der Waals surface area contributed by atoms with Crippen molar-refractivity contribution in [2.24, 2.45) is 9.98 Å². The van der Waals surface area contributed by atoms with Crippen LogP contribution in [-0.2, 0) is 4.79 Å². The lowest BCUT2D eigenvalue weighted by atomic mass is 10.0. The summed E-state index contributed by atoms with van der Waals surface area (Å²) < 4.78 is 5.16. The van der Waals surface area contributed by atoms with Gasteiger partial charge in [-0.3, -0.25) is 9.79 Å². The van der Waals surface area contributed by atoms with Crippen LogP contribution in [0.3, 0.4) is 0 Å². The summed E-state index contributed by atoms with van der Waals surface area (Å²) in [6.45, 7) is 0. The molecule has 2 heterocycles. The molecule has 0 atom stereocenters. The van der Waals surface area contributed by atoms with E-state index >= 15 is 0 Å². The third kappa shape index (κ3) is 4.90. The zero-order valence-electron chi connectivity index (χ0n) is 16.5. The zero-order valence-corrected chi connectivity index (χ0v) is 18.2. The molecule has 1 aromatic carbocycles. The van der Waals surface area contributed by atoms with Gasteiger partial charge in [-0.1, -0.05) is 30.7 Å². The molecule has 2 aromatic rings. The molecule has 0 radical (unpaired) electrons. The predicted octanol–water partition coefficient (Wildman–Crippen LogP) is 5.38. The number of thiophene rings is 1. The van der Waals surface area contributed by atoms with Gasteiger partial charge in [0.25, 0.3) is 0 Å². The molecule has 29 heavy (non-hydrogen) atoms. The SMILES string of the molecule is COc1ccc(NC(=O)CSC2=NC3(CCCCCC3)N=C2c2cccs2)cc1.